The molecule has 6 rings (SSSR count). The summed E-state index contributed by atoms with van der Waals surface area (Å²) in [5, 5.41) is 0. The quantitative estimate of drug-likeness (QED) is 0.264. The van der Waals surface area contributed by atoms with Crippen LogP contribution in [-0.4, -0.2) is 23.5 Å². The van der Waals surface area contributed by atoms with E-state index in [2.05, 4.69) is 119 Å². The molecule has 0 saturated heterocycles. The van der Waals surface area contributed by atoms with Gasteiger partial charge < -0.3 is 9.47 Å². The number of fused-ring (bicyclic) bond motifs is 2. The lowest BCUT2D eigenvalue weighted by Crippen LogP contribution is -2.31. The molecule has 2 aliphatic heterocycles. The number of anilines is 3. The normalized spacial score (nSPS) is 17.5. The van der Waals surface area contributed by atoms with Gasteiger partial charge in [-0.1, -0.05) is 58.9 Å². The molecule has 3 aromatic carbocycles. The summed E-state index contributed by atoms with van der Waals surface area (Å²) in [5.74, 6) is 3.11. The molecule has 0 fully saturated rings. The minimum absolute atomic E-state index is 0.00799. The highest BCUT2D eigenvalue weighted by Crippen LogP contribution is 2.52. The smallest absolute Gasteiger partial charge is 0.216 e. The van der Waals surface area contributed by atoms with Gasteiger partial charge in [0.05, 0.1) is 17.4 Å². The lowest BCUT2D eigenvalue weighted by atomic mass is 9.73. The van der Waals surface area contributed by atoms with Crippen LogP contribution in [0.3, 0.4) is 0 Å². The minimum atomic E-state index is -0.187. The van der Waals surface area contributed by atoms with Crippen LogP contribution in [0.2, 0.25) is 0 Å². The highest BCUT2D eigenvalue weighted by molar-refractivity contribution is 5.95. The lowest BCUT2D eigenvalue weighted by molar-refractivity contribution is 0.324. The van der Waals surface area contributed by atoms with Crippen molar-refractivity contribution in [3.05, 3.63) is 107 Å². The van der Waals surface area contributed by atoms with E-state index < -0.39 is 0 Å². The molecule has 3 heterocycles. The Hall–Kier alpha value is -4.12. The molecule has 0 radical (unpaired) electrons. The molecule has 0 saturated carbocycles. The molecule has 0 N–H and O–H groups in total. The first kappa shape index (κ1) is 26.1. The number of aliphatic imine (C=N–C) groups is 1. The molecule has 0 amide bonds. The monoisotopic (exact) mass is 531 g/mol. The van der Waals surface area contributed by atoms with Gasteiger partial charge in [-0.25, -0.2) is 9.98 Å². The van der Waals surface area contributed by atoms with Crippen LogP contribution in [0.15, 0.2) is 84.0 Å². The van der Waals surface area contributed by atoms with Gasteiger partial charge in [0.25, 0.3) is 0 Å². The predicted molar refractivity (Wildman–Crippen MR) is 163 cm³/mol. The number of aryl methyl sites for hydroxylation is 1. The Bertz CT molecular complexity index is 1630. The molecule has 5 nitrogen and oxygen atoms in total. The molecule has 0 bridgehead atoms. The van der Waals surface area contributed by atoms with Crippen molar-refractivity contribution >= 4 is 23.1 Å². The first-order chi connectivity index (χ1) is 19.0. The van der Waals surface area contributed by atoms with Gasteiger partial charge in [0.15, 0.2) is 0 Å². The number of hydrogen-bond donors (Lipinski definition) is 0. The summed E-state index contributed by atoms with van der Waals surface area (Å²) < 4.78 is 12.3. The third-order valence-electron chi connectivity index (χ3n) is 7.87. The van der Waals surface area contributed by atoms with Crippen molar-refractivity contribution in [2.75, 3.05) is 11.5 Å². The molecule has 204 valence electrons. The zero-order valence-corrected chi connectivity index (χ0v) is 24.4. The third-order valence-corrected chi connectivity index (χ3v) is 7.87. The lowest BCUT2D eigenvalue weighted by Gasteiger charge is -2.41. The van der Waals surface area contributed by atoms with Gasteiger partial charge in [-0.3, -0.25) is 4.90 Å². The van der Waals surface area contributed by atoms with E-state index in [1.165, 1.54) is 16.7 Å². The second kappa shape index (κ2) is 9.51. The average molecular weight is 532 g/mol. The number of benzene rings is 3. The Morgan fingerprint density at radius 3 is 2.42 bits per heavy atom. The van der Waals surface area contributed by atoms with Gasteiger partial charge in [0.2, 0.25) is 5.90 Å². The summed E-state index contributed by atoms with van der Waals surface area (Å²) in [7, 11) is 0. The number of pyridine rings is 1. The molecule has 2 aliphatic rings. The fourth-order valence-corrected chi connectivity index (χ4v) is 5.71. The number of aromatic nitrogens is 1. The van der Waals surface area contributed by atoms with E-state index in [0.717, 1.165) is 39.8 Å². The van der Waals surface area contributed by atoms with Crippen LogP contribution in [0, 0.1) is 6.92 Å². The Morgan fingerprint density at radius 1 is 0.900 bits per heavy atom. The number of para-hydroxylation sites is 1. The van der Waals surface area contributed by atoms with Gasteiger partial charge in [-0.15, -0.1) is 0 Å². The number of nitrogens with zero attached hydrogens (tertiary/aromatic N) is 3. The van der Waals surface area contributed by atoms with Crippen molar-refractivity contribution in [1.29, 1.82) is 0 Å². The van der Waals surface area contributed by atoms with Crippen molar-refractivity contribution in [1.82, 2.24) is 4.98 Å². The van der Waals surface area contributed by atoms with E-state index in [4.69, 9.17) is 14.5 Å². The van der Waals surface area contributed by atoms with E-state index in [1.54, 1.807) is 0 Å². The molecule has 4 aromatic rings. The molecular formula is C35H37N3O2. The summed E-state index contributed by atoms with van der Waals surface area (Å²) in [6, 6.07) is 25.7. The minimum Gasteiger partial charge on any atom is -0.475 e. The first-order valence-electron chi connectivity index (χ1n) is 14.0. The van der Waals surface area contributed by atoms with Crippen LogP contribution in [-0.2, 0) is 15.6 Å². The van der Waals surface area contributed by atoms with E-state index in [0.29, 0.717) is 12.5 Å². The Morgan fingerprint density at radius 2 is 1.68 bits per heavy atom. The summed E-state index contributed by atoms with van der Waals surface area (Å²) in [4.78, 5) is 11.8. The average Bonchev–Trinajstić information content (AvgIpc) is 3.34. The van der Waals surface area contributed by atoms with E-state index in [1.807, 2.05) is 18.3 Å². The van der Waals surface area contributed by atoms with Crippen molar-refractivity contribution < 1.29 is 9.47 Å². The van der Waals surface area contributed by atoms with Crippen molar-refractivity contribution in [3.8, 4) is 11.5 Å². The highest BCUT2D eigenvalue weighted by Gasteiger charge is 2.37. The van der Waals surface area contributed by atoms with E-state index in [9.17, 15) is 0 Å². The van der Waals surface area contributed by atoms with Crippen LogP contribution >= 0.6 is 0 Å². The molecule has 0 spiro atoms. The second-order valence-corrected chi connectivity index (χ2v) is 12.5. The highest BCUT2D eigenvalue weighted by atomic mass is 16.5. The maximum Gasteiger partial charge on any atom is 0.216 e. The topological polar surface area (TPSA) is 47.0 Å². The molecule has 40 heavy (non-hydrogen) atoms. The molecule has 1 aromatic heterocycles. The van der Waals surface area contributed by atoms with Crippen LogP contribution < -0.4 is 9.64 Å². The number of hydrogen-bond acceptors (Lipinski definition) is 5. The van der Waals surface area contributed by atoms with Crippen molar-refractivity contribution in [2.45, 2.75) is 65.3 Å². The number of ether oxygens (including phenoxy) is 2. The molecule has 0 aliphatic carbocycles. The Labute approximate surface area is 237 Å². The summed E-state index contributed by atoms with van der Waals surface area (Å²) in [6.45, 7) is 16.0. The van der Waals surface area contributed by atoms with Crippen molar-refractivity contribution in [3.63, 3.8) is 0 Å². The molecule has 5 heteroatoms. The zero-order valence-electron chi connectivity index (χ0n) is 24.4. The van der Waals surface area contributed by atoms with Crippen LogP contribution in [0.5, 0.6) is 11.5 Å². The van der Waals surface area contributed by atoms with Crippen LogP contribution in [0.4, 0.5) is 17.2 Å². The SMILES string of the molecule is Cc1cc(Oc2ccc3c(c2)N(c2cc(C(C)(C)C)ccn2)c2ccccc2C3(C)C)cc(C2=N[C@H](C)CO2)c1. The van der Waals surface area contributed by atoms with Crippen LogP contribution in [0.25, 0.3) is 0 Å². The van der Waals surface area contributed by atoms with Gasteiger partial charge in [-0.2, -0.15) is 0 Å². The second-order valence-electron chi connectivity index (χ2n) is 12.5. The van der Waals surface area contributed by atoms with Crippen LogP contribution in [0.1, 0.15) is 69.4 Å². The fraction of sp³-hybridized carbons (Fsp3) is 0.314. The zero-order chi connectivity index (χ0) is 28.2. The van der Waals surface area contributed by atoms with E-state index in [-0.39, 0.29) is 16.9 Å². The third kappa shape index (κ3) is 4.64. The van der Waals surface area contributed by atoms with Crippen molar-refractivity contribution in [2.24, 2.45) is 4.99 Å². The van der Waals surface area contributed by atoms with Gasteiger partial charge >= 0.3 is 0 Å². The maximum atomic E-state index is 6.51. The summed E-state index contributed by atoms with van der Waals surface area (Å²) in [5.41, 5.74) is 7.81. The standard InChI is InChI=1S/C35H37N3O2/c1-22-16-24(33-37-23(2)21-39-33)18-27(17-22)40-26-12-13-29-31(20-26)38(30-11-9-8-10-28(30)35(29,6)7)32-19-25(14-15-36-32)34(3,4)5/h8-20,23H,21H2,1-7H3/t23-/m1/s1. The number of rotatable bonds is 4. The molecular weight excluding hydrogens is 494 g/mol. The first-order valence-corrected chi connectivity index (χ1v) is 14.0. The van der Waals surface area contributed by atoms with Gasteiger partial charge in [0.1, 0.15) is 23.9 Å². The predicted octanol–water partition coefficient (Wildman–Crippen LogP) is 8.75. The Kier molecular flexibility index (Phi) is 6.21. The molecule has 0 unspecified atom stereocenters. The summed E-state index contributed by atoms with van der Waals surface area (Å²) in [6.07, 6.45) is 1.92. The van der Waals surface area contributed by atoms with Gasteiger partial charge in [-0.05, 0) is 84.0 Å². The molecule has 1 atom stereocenters. The fourth-order valence-electron chi connectivity index (χ4n) is 5.71. The van der Waals surface area contributed by atoms with Gasteiger partial charge in [0, 0.05) is 23.2 Å². The largest absolute Gasteiger partial charge is 0.475 e. The Balaban J connectivity index is 1.46. The summed E-state index contributed by atoms with van der Waals surface area (Å²) >= 11 is 0. The maximum absolute atomic E-state index is 6.51. The van der Waals surface area contributed by atoms with E-state index >= 15 is 0 Å².